The molecule has 1 N–H and O–H groups in total. The number of rotatable bonds is 6. The van der Waals surface area contributed by atoms with Crippen LogP contribution in [-0.2, 0) is 23.1 Å². The summed E-state index contributed by atoms with van der Waals surface area (Å²) >= 11 is 0. The molecule has 1 fully saturated rings. The van der Waals surface area contributed by atoms with E-state index in [9.17, 15) is 12.8 Å². The van der Waals surface area contributed by atoms with Crippen LogP contribution in [0.15, 0.2) is 36.9 Å². The first-order valence-corrected chi connectivity index (χ1v) is 11.2. The van der Waals surface area contributed by atoms with Crippen molar-refractivity contribution >= 4 is 20.9 Å². The van der Waals surface area contributed by atoms with E-state index in [1.54, 1.807) is 18.3 Å². The van der Waals surface area contributed by atoms with Crippen LogP contribution in [0.5, 0.6) is 0 Å². The van der Waals surface area contributed by atoms with Crippen molar-refractivity contribution in [3.8, 4) is 11.3 Å². The zero-order valence-corrected chi connectivity index (χ0v) is 17.6. The number of sulfonamides is 1. The third-order valence-corrected chi connectivity index (χ3v) is 6.88. The van der Waals surface area contributed by atoms with Gasteiger partial charge < -0.3 is 4.57 Å². The molecule has 0 saturated heterocycles. The van der Waals surface area contributed by atoms with Crippen LogP contribution in [0.3, 0.4) is 0 Å². The molecule has 0 spiro atoms. The first kappa shape index (κ1) is 20.0. The molecular formula is C21H25FN4O2S. The summed E-state index contributed by atoms with van der Waals surface area (Å²) in [6, 6.07) is 4.94. The van der Waals surface area contributed by atoms with Gasteiger partial charge in [-0.1, -0.05) is 20.8 Å². The topological polar surface area (TPSA) is 76.9 Å². The number of hydrogen-bond acceptors (Lipinski definition) is 4. The Balaban J connectivity index is 1.78. The average Bonchev–Trinajstić information content (AvgIpc) is 3.45. The monoisotopic (exact) mass is 416 g/mol. The standard InChI is InChI=1S/C21H25FN4O2S/c1-21(2,3)12-26-11-14(10-25-29(27,28)15-4-5-15)16-8-18(22)17(9-20(16)26)19-6-7-23-13-24-19/h6-9,11,13,15,25H,4-5,10,12H2,1-3H3. The number of fused-ring (bicyclic) bond motifs is 1. The summed E-state index contributed by atoms with van der Waals surface area (Å²) < 4.78 is 44.2. The van der Waals surface area contributed by atoms with E-state index in [1.807, 2.05) is 6.20 Å². The van der Waals surface area contributed by atoms with Gasteiger partial charge in [0.2, 0.25) is 10.0 Å². The molecule has 0 atom stereocenters. The van der Waals surface area contributed by atoms with Crippen LogP contribution in [0.4, 0.5) is 4.39 Å². The van der Waals surface area contributed by atoms with Crippen LogP contribution in [0.1, 0.15) is 39.2 Å². The first-order chi connectivity index (χ1) is 13.6. The lowest BCUT2D eigenvalue weighted by Crippen LogP contribution is -2.26. The van der Waals surface area contributed by atoms with E-state index >= 15 is 0 Å². The second-order valence-electron chi connectivity index (χ2n) is 8.85. The second-order valence-corrected chi connectivity index (χ2v) is 10.9. The maximum Gasteiger partial charge on any atom is 0.214 e. The molecule has 2 heterocycles. The molecule has 0 unspecified atom stereocenters. The van der Waals surface area contributed by atoms with Gasteiger partial charge in [0.25, 0.3) is 0 Å². The normalized spacial score (nSPS) is 15.2. The molecule has 1 aliphatic rings. The summed E-state index contributed by atoms with van der Waals surface area (Å²) in [5.41, 5.74) is 2.54. The Morgan fingerprint density at radius 3 is 2.66 bits per heavy atom. The molecule has 0 bridgehead atoms. The van der Waals surface area contributed by atoms with Crippen LogP contribution in [0, 0.1) is 11.2 Å². The van der Waals surface area contributed by atoms with Crippen molar-refractivity contribution in [2.75, 3.05) is 0 Å². The molecule has 1 aromatic carbocycles. The van der Waals surface area contributed by atoms with E-state index in [-0.39, 0.29) is 17.2 Å². The number of nitrogens with one attached hydrogen (secondary N) is 1. The molecule has 0 amide bonds. The number of hydrogen-bond donors (Lipinski definition) is 1. The van der Waals surface area contributed by atoms with E-state index < -0.39 is 15.8 Å². The van der Waals surface area contributed by atoms with Gasteiger partial charge in [0.05, 0.1) is 10.9 Å². The molecule has 3 aromatic rings. The van der Waals surface area contributed by atoms with Crippen molar-refractivity contribution in [1.82, 2.24) is 19.3 Å². The van der Waals surface area contributed by atoms with Gasteiger partial charge in [-0.2, -0.15) is 0 Å². The summed E-state index contributed by atoms with van der Waals surface area (Å²) in [7, 11) is -3.31. The van der Waals surface area contributed by atoms with E-state index in [2.05, 4.69) is 40.0 Å². The van der Waals surface area contributed by atoms with Crippen LogP contribution in [-0.4, -0.2) is 28.2 Å². The molecule has 0 aliphatic heterocycles. The molecular weight excluding hydrogens is 391 g/mol. The largest absolute Gasteiger partial charge is 0.347 e. The van der Waals surface area contributed by atoms with Crippen molar-refractivity contribution in [1.29, 1.82) is 0 Å². The fourth-order valence-electron chi connectivity index (χ4n) is 3.49. The highest BCUT2D eigenvalue weighted by molar-refractivity contribution is 7.90. The highest BCUT2D eigenvalue weighted by Crippen LogP contribution is 2.32. The van der Waals surface area contributed by atoms with E-state index in [1.165, 1.54) is 12.4 Å². The highest BCUT2D eigenvalue weighted by Gasteiger charge is 2.35. The van der Waals surface area contributed by atoms with Gasteiger partial charge in [0.15, 0.2) is 0 Å². The summed E-state index contributed by atoms with van der Waals surface area (Å²) in [5, 5.41) is 0.426. The third kappa shape index (κ3) is 4.33. The van der Waals surface area contributed by atoms with E-state index in [0.717, 1.165) is 11.1 Å². The molecule has 29 heavy (non-hydrogen) atoms. The fraction of sp³-hybridized carbons (Fsp3) is 0.429. The summed E-state index contributed by atoms with van der Waals surface area (Å²) in [4.78, 5) is 8.07. The molecule has 8 heteroatoms. The van der Waals surface area contributed by atoms with Crippen LogP contribution in [0.2, 0.25) is 0 Å². The minimum Gasteiger partial charge on any atom is -0.347 e. The van der Waals surface area contributed by atoms with Crippen LogP contribution < -0.4 is 4.72 Å². The van der Waals surface area contributed by atoms with E-state index in [0.29, 0.717) is 36.0 Å². The minimum absolute atomic E-state index is 0.000202. The van der Waals surface area contributed by atoms with Gasteiger partial charge in [-0.25, -0.2) is 27.5 Å². The van der Waals surface area contributed by atoms with Gasteiger partial charge in [-0.05, 0) is 42.0 Å². The zero-order valence-electron chi connectivity index (χ0n) is 16.8. The Kier molecular flexibility index (Phi) is 4.94. The summed E-state index contributed by atoms with van der Waals surface area (Å²) in [5.74, 6) is -0.393. The maximum absolute atomic E-state index is 14.9. The van der Waals surface area contributed by atoms with Crippen LogP contribution >= 0.6 is 0 Å². The molecule has 0 radical (unpaired) electrons. The number of halogens is 1. The van der Waals surface area contributed by atoms with Crippen molar-refractivity contribution in [2.24, 2.45) is 5.41 Å². The lowest BCUT2D eigenvalue weighted by Gasteiger charge is -2.20. The molecule has 4 rings (SSSR count). The second kappa shape index (κ2) is 7.18. The predicted molar refractivity (Wildman–Crippen MR) is 111 cm³/mol. The maximum atomic E-state index is 14.9. The van der Waals surface area contributed by atoms with Gasteiger partial charge >= 0.3 is 0 Å². The molecule has 1 aliphatic carbocycles. The smallest absolute Gasteiger partial charge is 0.214 e. The molecule has 1 saturated carbocycles. The van der Waals surface area contributed by atoms with Gasteiger partial charge in [-0.15, -0.1) is 0 Å². The first-order valence-electron chi connectivity index (χ1n) is 9.70. The molecule has 2 aromatic heterocycles. The Morgan fingerprint density at radius 2 is 2.03 bits per heavy atom. The number of nitrogens with zero attached hydrogens (tertiary/aromatic N) is 3. The van der Waals surface area contributed by atoms with Crippen molar-refractivity contribution < 1.29 is 12.8 Å². The van der Waals surface area contributed by atoms with Crippen molar-refractivity contribution in [3.05, 3.63) is 48.3 Å². The Bertz CT molecular complexity index is 1150. The van der Waals surface area contributed by atoms with Crippen LogP contribution in [0.25, 0.3) is 22.2 Å². The zero-order chi connectivity index (χ0) is 20.8. The highest BCUT2D eigenvalue weighted by atomic mass is 32.2. The SMILES string of the molecule is CC(C)(C)Cn1cc(CNS(=O)(=O)C2CC2)c2cc(F)c(-c3ccncn3)cc21. The predicted octanol–water partition coefficient (Wildman–Crippen LogP) is 3.87. The van der Waals surface area contributed by atoms with Gasteiger partial charge in [0.1, 0.15) is 12.1 Å². The average molecular weight is 417 g/mol. The Hall–Kier alpha value is -2.32. The number of benzene rings is 1. The third-order valence-electron chi connectivity index (χ3n) is 4.98. The van der Waals surface area contributed by atoms with E-state index in [4.69, 9.17) is 0 Å². The lowest BCUT2D eigenvalue weighted by molar-refractivity contribution is 0.349. The Morgan fingerprint density at radius 1 is 1.28 bits per heavy atom. The summed E-state index contributed by atoms with van der Waals surface area (Å²) in [6.45, 7) is 7.25. The quantitative estimate of drug-likeness (QED) is 0.662. The Labute approximate surface area is 170 Å². The van der Waals surface area contributed by atoms with Gasteiger partial charge in [-0.3, -0.25) is 0 Å². The fourth-order valence-corrected chi connectivity index (χ4v) is 4.84. The van der Waals surface area contributed by atoms with Crippen molar-refractivity contribution in [2.45, 2.75) is 52.0 Å². The molecule has 6 nitrogen and oxygen atoms in total. The lowest BCUT2D eigenvalue weighted by atomic mass is 9.97. The molecule has 154 valence electrons. The minimum atomic E-state index is -3.31. The van der Waals surface area contributed by atoms with Gasteiger partial charge in [0, 0.05) is 41.9 Å². The van der Waals surface area contributed by atoms with Crippen molar-refractivity contribution in [3.63, 3.8) is 0 Å². The number of aromatic nitrogens is 3. The summed E-state index contributed by atoms with van der Waals surface area (Å²) in [6.07, 6.45) is 6.31.